The lowest BCUT2D eigenvalue weighted by Crippen LogP contribution is -2.29. The molecule has 0 aromatic heterocycles. The molecule has 0 amide bonds. The summed E-state index contributed by atoms with van der Waals surface area (Å²) in [7, 11) is 0. The van der Waals surface area contributed by atoms with Crippen molar-refractivity contribution in [3.8, 4) is 22.6 Å². The van der Waals surface area contributed by atoms with Crippen molar-refractivity contribution in [1.29, 1.82) is 0 Å². The molecule has 0 aliphatic heterocycles. The van der Waals surface area contributed by atoms with E-state index in [4.69, 9.17) is 28.4 Å². The summed E-state index contributed by atoms with van der Waals surface area (Å²) in [5.41, 5.74) is 7.83. The zero-order valence-corrected chi connectivity index (χ0v) is 33.2. The molecule has 6 nitrogen and oxygen atoms in total. The summed E-state index contributed by atoms with van der Waals surface area (Å²) in [6.45, 7) is 5.54. The molecule has 0 unspecified atom stereocenters. The van der Waals surface area contributed by atoms with Crippen LogP contribution in [0.3, 0.4) is 0 Å². The molecular weight excluding hydrogens is 709 g/mol. The smallest absolute Gasteiger partial charge is 0.145 e. The molecule has 0 aliphatic carbocycles. The summed E-state index contributed by atoms with van der Waals surface area (Å²) >= 11 is 0. The van der Waals surface area contributed by atoms with Crippen LogP contribution in [0.15, 0.2) is 164 Å². The molecule has 0 aliphatic rings. The highest BCUT2D eigenvalue weighted by molar-refractivity contribution is 5.67. The summed E-state index contributed by atoms with van der Waals surface area (Å²) < 4.78 is 38.3. The summed E-state index contributed by atoms with van der Waals surface area (Å²) in [4.78, 5) is 0. The molecule has 0 saturated carbocycles. The van der Waals surface area contributed by atoms with Gasteiger partial charge in [-0.15, -0.1) is 0 Å². The van der Waals surface area contributed by atoms with Gasteiger partial charge in [-0.2, -0.15) is 0 Å². The second kappa shape index (κ2) is 23.7. The Balaban J connectivity index is 1.22. The van der Waals surface area contributed by atoms with Gasteiger partial charge >= 0.3 is 0 Å². The maximum Gasteiger partial charge on any atom is 0.145 e. The summed E-state index contributed by atoms with van der Waals surface area (Å²) in [5, 5.41) is 0. The minimum atomic E-state index is -0.374. The van der Waals surface area contributed by atoms with E-state index in [1.165, 1.54) is 24.8 Å². The van der Waals surface area contributed by atoms with Gasteiger partial charge in [-0.25, -0.2) is 0 Å². The first-order chi connectivity index (χ1) is 28.2. The summed E-state index contributed by atoms with van der Waals surface area (Å²) in [6, 6.07) is 55.7. The molecule has 0 heterocycles. The number of rotatable bonds is 25. The number of hydrogen-bond donors (Lipinski definition) is 0. The summed E-state index contributed by atoms with van der Waals surface area (Å²) in [5.74, 6) is 1.33. The molecule has 6 aromatic rings. The van der Waals surface area contributed by atoms with E-state index >= 15 is 0 Å². The average molecular weight is 765 g/mol. The number of unbranched alkanes of at least 4 members (excludes halogenated alkanes) is 2. The van der Waals surface area contributed by atoms with Gasteiger partial charge in [0.2, 0.25) is 0 Å². The molecule has 0 bridgehead atoms. The van der Waals surface area contributed by atoms with Crippen molar-refractivity contribution in [2.45, 2.75) is 71.2 Å². The van der Waals surface area contributed by atoms with Gasteiger partial charge in [-0.3, -0.25) is 0 Å². The normalized spacial score (nSPS) is 11.3. The highest BCUT2D eigenvalue weighted by Crippen LogP contribution is 2.32. The Labute approximate surface area is 339 Å². The molecule has 0 radical (unpaired) electrons. The van der Waals surface area contributed by atoms with Gasteiger partial charge in [0.25, 0.3) is 0 Å². The number of ether oxygens (including phenoxy) is 6. The van der Waals surface area contributed by atoms with Crippen molar-refractivity contribution in [3.05, 3.63) is 192 Å². The zero-order chi connectivity index (χ0) is 39.2. The Morgan fingerprint density at radius 3 is 1.09 bits per heavy atom. The van der Waals surface area contributed by atoms with Gasteiger partial charge < -0.3 is 28.4 Å². The van der Waals surface area contributed by atoms with Crippen LogP contribution in [-0.4, -0.2) is 38.6 Å². The molecule has 0 N–H and O–H groups in total. The SMILES string of the molecule is CCCCCc1ccc(-c2cc(OC(COCc3ccccc3)COCc3ccccc3)cc(OC(COCc3ccccc3)COCc3ccccc3)c2)cc1. The molecule has 0 saturated heterocycles. The first kappa shape index (κ1) is 41.4. The second-order valence-corrected chi connectivity index (χ2v) is 14.3. The van der Waals surface area contributed by atoms with Crippen LogP contribution in [0.5, 0.6) is 11.5 Å². The van der Waals surface area contributed by atoms with Crippen molar-refractivity contribution in [3.63, 3.8) is 0 Å². The van der Waals surface area contributed by atoms with Crippen LogP contribution in [0.25, 0.3) is 11.1 Å². The van der Waals surface area contributed by atoms with E-state index < -0.39 is 0 Å². The van der Waals surface area contributed by atoms with Crippen molar-refractivity contribution in [1.82, 2.24) is 0 Å². The van der Waals surface area contributed by atoms with Crippen molar-refractivity contribution in [2.75, 3.05) is 26.4 Å². The monoisotopic (exact) mass is 764 g/mol. The fraction of sp³-hybridized carbons (Fsp3) is 0.294. The lowest BCUT2D eigenvalue weighted by Gasteiger charge is -2.23. The third-order valence-corrected chi connectivity index (χ3v) is 9.50. The zero-order valence-electron chi connectivity index (χ0n) is 33.2. The molecule has 6 rings (SSSR count). The van der Waals surface area contributed by atoms with Crippen molar-refractivity contribution < 1.29 is 28.4 Å². The van der Waals surface area contributed by atoms with Crippen LogP contribution < -0.4 is 9.47 Å². The van der Waals surface area contributed by atoms with Crippen LogP contribution in [0, 0.1) is 0 Å². The predicted molar refractivity (Wildman–Crippen MR) is 228 cm³/mol. The first-order valence-electron chi connectivity index (χ1n) is 20.2. The number of benzene rings is 6. The maximum absolute atomic E-state index is 6.75. The Morgan fingerprint density at radius 1 is 0.368 bits per heavy atom. The molecule has 6 aromatic carbocycles. The first-order valence-corrected chi connectivity index (χ1v) is 20.2. The lowest BCUT2D eigenvalue weighted by atomic mass is 10.0. The Bertz CT molecular complexity index is 1750. The van der Waals surface area contributed by atoms with E-state index in [-0.39, 0.29) is 12.2 Å². The van der Waals surface area contributed by atoms with Gasteiger partial charge in [0.05, 0.1) is 52.9 Å². The van der Waals surface area contributed by atoms with Gasteiger partial charge in [0.1, 0.15) is 23.7 Å². The molecule has 0 fully saturated rings. The van der Waals surface area contributed by atoms with Crippen molar-refractivity contribution in [2.24, 2.45) is 0 Å². The van der Waals surface area contributed by atoms with Crippen LogP contribution in [0.4, 0.5) is 0 Å². The van der Waals surface area contributed by atoms with E-state index in [0.717, 1.165) is 39.8 Å². The molecular formula is C51H56O6. The van der Waals surface area contributed by atoms with Gasteiger partial charge in [-0.1, -0.05) is 165 Å². The van der Waals surface area contributed by atoms with Gasteiger partial charge in [0, 0.05) is 6.07 Å². The molecule has 0 atom stereocenters. The third kappa shape index (κ3) is 15.0. The fourth-order valence-electron chi connectivity index (χ4n) is 6.46. The van der Waals surface area contributed by atoms with Crippen LogP contribution in [-0.2, 0) is 51.8 Å². The van der Waals surface area contributed by atoms with Gasteiger partial charge in [0.15, 0.2) is 0 Å². The number of aryl methyl sites for hydroxylation is 1. The topological polar surface area (TPSA) is 55.4 Å². The molecule has 296 valence electrons. The quantitative estimate of drug-likeness (QED) is 0.0541. The maximum atomic E-state index is 6.75. The Morgan fingerprint density at radius 2 is 0.737 bits per heavy atom. The van der Waals surface area contributed by atoms with E-state index in [2.05, 4.69) is 91.9 Å². The molecule has 57 heavy (non-hydrogen) atoms. The third-order valence-electron chi connectivity index (χ3n) is 9.50. The largest absolute Gasteiger partial charge is 0.485 e. The van der Waals surface area contributed by atoms with Crippen LogP contribution >= 0.6 is 0 Å². The minimum absolute atomic E-state index is 0.347. The van der Waals surface area contributed by atoms with Crippen molar-refractivity contribution >= 4 is 0 Å². The Kier molecular flexibility index (Phi) is 17.2. The highest BCUT2D eigenvalue weighted by Gasteiger charge is 2.18. The Hall–Kier alpha value is -5.24. The average Bonchev–Trinajstić information content (AvgIpc) is 3.25. The molecule has 6 heteroatoms. The number of hydrogen-bond acceptors (Lipinski definition) is 6. The van der Waals surface area contributed by atoms with Gasteiger partial charge in [-0.05, 0) is 63.9 Å². The van der Waals surface area contributed by atoms with Crippen LogP contribution in [0.1, 0.15) is 54.0 Å². The van der Waals surface area contributed by atoms with E-state index in [9.17, 15) is 0 Å². The standard InChI is InChI=1S/C51H56O6/c1-2-3-8-17-41-26-28-46(29-27-41)47-30-48(56-50(37-52-33-42-18-9-4-10-19-42)38-53-34-43-20-11-5-12-21-43)32-49(31-47)57-51(39-54-35-44-22-13-6-14-23-44)40-55-36-45-24-15-7-16-25-45/h4-7,9-16,18-32,50-51H,2-3,8,17,33-40H2,1H3. The minimum Gasteiger partial charge on any atom is -0.485 e. The van der Waals surface area contributed by atoms with Crippen LogP contribution in [0.2, 0.25) is 0 Å². The highest BCUT2D eigenvalue weighted by atomic mass is 16.6. The molecule has 0 spiro atoms. The van der Waals surface area contributed by atoms with E-state index in [1.54, 1.807) is 0 Å². The lowest BCUT2D eigenvalue weighted by molar-refractivity contribution is -0.0184. The summed E-state index contributed by atoms with van der Waals surface area (Å²) in [6.07, 6.45) is 3.96. The van der Waals surface area contributed by atoms with E-state index in [0.29, 0.717) is 64.4 Å². The second-order valence-electron chi connectivity index (χ2n) is 14.3. The predicted octanol–water partition coefficient (Wildman–Crippen LogP) is 11.4. The van der Waals surface area contributed by atoms with E-state index in [1.807, 2.05) is 78.9 Å². The fourth-order valence-corrected chi connectivity index (χ4v) is 6.46.